The van der Waals surface area contributed by atoms with Crippen LogP contribution < -0.4 is 5.32 Å². The number of carbonyl (C=O) groups is 3. The van der Waals surface area contributed by atoms with E-state index in [2.05, 4.69) is 29.6 Å². The summed E-state index contributed by atoms with van der Waals surface area (Å²) in [6, 6.07) is 16.4. The molecule has 7 nitrogen and oxygen atoms in total. The van der Waals surface area contributed by atoms with Gasteiger partial charge in [0.1, 0.15) is 6.61 Å². The highest BCUT2D eigenvalue weighted by molar-refractivity contribution is 5.80. The Morgan fingerprint density at radius 2 is 1.68 bits per heavy atom. The summed E-state index contributed by atoms with van der Waals surface area (Å²) in [7, 11) is 1.65. The zero-order chi connectivity index (χ0) is 24.2. The molecule has 180 valence electrons. The maximum absolute atomic E-state index is 12.9. The number of carboxylic acids is 1. The number of hydrogen-bond acceptors (Lipinski definition) is 4. The van der Waals surface area contributed by atoms with Gasteiger partial charge in [0, 0.05) is 32.0 Å². The van der Waals surface area contributed by atoms with Gasteiger partial charge in [0.25, 0.3) is 0 Å². The number of aliphatic carboxylic acids is 1. The monoisotopic (exact) mass is 464 g/mol. The molecule has 1 saturated carbocycles. The van der Waals surface area contributed by atoms with Gasteiger partial charge in [-0.15, -0.1) is 0 Å². The summed E-state index contributed by atoms with van der Waals surface area (Å²) < 4.78 is 5.61. The average Bonchev–Trinajstić information content (AvgIpc) is 3.43. The number of nitrogens with zero attached hydrogens (tertiary/aromatic N) is 1. The van der Waals surface area contributed by atoms with Crippen molar-refractivity contribution in [2.45, 2.75) is 32.1 Å². The van der Waals surface area contributed by atoms with Crippen LogP contribution in [0.25, 0.3) is 11.1 Å². The van der Waals surface area contributed by atoms with E-state index in [1.165, 1.54) is 16.0 Å². The average molecular weight is 465 g/mol. The van der Waals surface area contributed by atoms with Crippen LogP contribution in [0.1, 0.15) is 43.2 Å². The van der Waals surface area contributed by atoms with E-state index in [1.807, 2.05) is 24.3 Å². The van der Waals surface area contributed by atoms with E-state index in [4.69, 9.17) is 9.84 Å². The summed E-state index contributed by atoms with van der Waals surface area (Å²) in [5.41, 5.74) is 4.69. The van der Waals surface area contributed by atoms with E-state index in [0.717, 1.165) is 30.4 Å². The van der Waals surface area contributed by atoms with Gasteiger partial charge in [-0.25, -0.2) is 4.79 Å². The quantitative estimate of drug-likeness (QED) is 0.613. The van der Waals surface area contributed by atoms with E-state index >= 15 is 0 Å². The molecular weight excluding hydrogens is 432 g/mol. The number of hydrogen-bond donors (Lipinski definition) is 2. The second-order valence-corrected chi connectivity index (χ2v) is 9.46. The van der Waals surface area contributed by atoms with Gasteiger partial charge >= 0.3 is 12.1 Å². The Morgan fingerprint density at radius 1 is 1.06 bits per heavy atom. The lowest BCUT2D eigenvalue weighted by molar-refractivity contribution is -0.143. The van der Waals surface area contributed by atoms with Crippen molar-refractivity contribution in [1.82, 2.24) is 10.2 Å². The fraction of sp³-hybridized carbons (Fsp3) is 0.444. The molecule has 0 aliphatic heterocycles. The molecule has 1 fully saturated rings. The second-order valence-electron chi connectivity index (χ2n) is 9.46. The van der Waals surface area contributed by atoms with Gasteiger partial charge in [0.15, 0.2) is 0 Å². The van der Waals surface area contributed by atoms with Crippen LogP contribution in [0.3, 0.4) is 0 Å². The first kappa shape index (κ1) is 23.8. The Morgan fingerprint density at radius 3 is 2.29 bits per heavy atom. The number of benzene rings is 2. The van der Waals surface area contributed by atoms with Gasteiger partial charge in [-0.1, -0.05) is 61.9 Å². The van der Waals surface area contributed by atoms with E-state index in [0.29, 0.717) is 6.54 Å². The lowest BCUT2D eigenvalue weighted by atomic mass is 9.94. The largest absolute Gasteiger partial charge is 0.481 e. The molecule has 0 saturated heterocycles. The van der Waals surface area contributed by atoms with Crippen molar-refractivity contribution in [3.63, 3.8) is 0 Å². The SMILES string of the molecule is CC(CN(C)C(=O)C1CCCC1CNC(=O)OCC1c2ccccc2-c2ccccc21)C(=O)O. The van der Waals surface area contributed by atoms with Crippen molar-refractivity contribution < 1.29 is 24.2 Å². The Bertz CT molecular complexity index is 1020. The fourth-order valence-electron chi connectivity index (χ4n) is 5.33. The van der Waals surface area contributed by atoms with Gasteiger partial charge in [-0.05, 0) is 41.0 Å². The van der Waals surface area contributed by atoms with Gasteiger partial charge < -0.3 is 20.1 Å². The van der Waals surface area contributed by atoms with E-state index < -0.39 is 18.0 Å². The van der Waals surface area contributed by atoms with Crippen LogP contribution in [0.2, 0.25) is 0 Å². The second kappa shape index (κ2) is 10.3. The summed E-state index contributed by atoms with van der Waals surface area (Å²) in [5, 5.41) is 12.0. The standard InChI is InChI=1S/C27H32N2O5/c1-17(26(31)32)15-29(2)25(30)19-13-7-8-18(19)14-28-27(33)34-16-24-22-11-5-3-9-20(22)21-10-4-6-12-23(21)24/h3-6,9-12,17-19,24H,7-8,13-16H2,1-2H3,(H,28,33)(H,31,32). The van der Waals surface area contributed by atoms with Gasteiger partial charge in [-0.3, -0.25) is 9.59 Å². The molecule has 0 bridgehead atoms. The van der Waals surface area contributed by atoms with Gasteiger partial charge in [0.2, 0.25) is 5.91 Å². The molecule has 0 spiro atoms. The lowest BCUT2D eigenvalue weighted by Gasteiger charge is -2.26. The molecular formula is C27H32N2O5. The Hall–Kier alpha value is -3.35. The van der Waals surface area contributed by atoms with Crippen LogP contribution in [0.4, 0.5) is 4.79 Å². The minimum Gasteiger partial charge on any atom is -0.481 e. The van der Waals surface area contributed by atoms with Crippen molar-refractivity contribution in [3.05, 3.63) is 59.7 Å². The molecule has 2 N–H and O–H groups in total. The third kappa shape index (κ3) is 4.93. The molecule has 2 aliphatic carbocycles. The van der Waals surface area contributed by atoms with Crippen LogP contribution in [0, 0.1) is 17.8 Å². The molecule has 0 radical (unpaired) electrons. The van der Waals surface area contributed by atoms with E-state index in [9.17, 15) is 14.4 Å². The number of carboxylic acid groups (broad SMARTS) is 1. The Balaban J connectivity index is 1.30. The van der Waals surface area contributed by atoms with Crippen molar-refractivity contribution in [1.29, 1.82) is 0 Å². The Labute approximate surface area is 200 Å². The molecule has 0 aromatic heterocycles. The molecule has 7 heteroatoms. The van der Waals surface area contributed by atoms with Crippen LogP contribution in [-0.2, 0) is 14.3 Å². The highest BCUT2D eigenvalue weighted by Gasteiger charge is 2.35. The topological polar surface area (TPSA) is 95.9 Å². The summed E-state index contributed by atoms with van der Waals surface area (Å²) >= 11 is 0. The third-order valence-electron chi connectivity index (χ3n) is 7.17. The van der Waals surface area contributed by atoms with Crippen LogP contribution >= 0.6 is 0 Å². The molecule has 2 aliphatic rings. The molecule has 0 heterocycles. The maximum atomic E-state index is 12.9. The lowest BCUT2D eigenvalue weighted by Crippen LogP contribution is -2.41. The number of carbonyl (C=O) groups excluding carboxylic acids is 2. The number of rotatable bonds is 8. The highest BCUT2D eigenvalue weighted by atomic mass is 16.5. The zero-order valence-electron chi connectivity index (χ0n) is 19.7. The molecule has 2 aromatic rings. The van der Waals surface area contributed by atoms with Crippen LogP contribution in [-0.4, -0.2) is 54.7 Å². The number of ether oxygens (including phenoxy) is 1. The van der Waals surface area contributed by atoms with Crippen molar-refractivity contribution in [2.75, 3.05) is 26.7 Å². The minimum absolute atomic E-state index is 0.00355. The van der Waals surface area contributed by atoms with Gasteiger partial charge in [0.05, 0.1) is 5.92 Å². The molecule has 2 aromatic carbocycles. The van der Waals surface area contributed by atoms with E-state index in [-0.39, 0.29) is 36.8 Å². The minimum atomic E-state index is -0.917. The summed E-state index contributed by atoms with van der Waals surface area (Å²) in [6.45, 7) is 2.40. The molecule has 3 unspecified atom stereocenters. The first-order valence-corrected chi connectivity index (χ1v) is 11.9. The predicted octanol–water partition coefficient (Wildman–Crippen LogP) is 4.12. The van der Waals surface area contributed by atoms with Gasteiger partial charge in [-0.2, -0.15) is 0 Å². The van der Waals surface area contributed by atoms with Crippen LogP contribution in [0.5, 0.6) is 0 Å². The first-order chi connectivity index (χ1) is 16.4. The number of nitrogens with one attached hydrogen (secondary N) is 1. The molecule has 3 atom stereocenters. The Kier molecular flexibility index (Phi) is 7.20. The van der Waals surface area contributed by atoms with Crippen molar-refractivity contribution in [3.8, 4) is 11.1 Å². The number of alkyl carbamates (subject to hydrolysis) is 1. The summed E-state index contributed by atoms with van der Waals surface area (Å²) in [4.78, 5) is 38.0. The third-order valence-corrected chi connectivity index (χ3v) is 7.17. The smallest absolute Gasteiger partial charge is 0.407 e. The summed E-state index contributed by atoms with van der Waals surface area (Å²) in [6.07, 6.45) is 2.03. The van der Waals surface area contributed by atoms with Crippen molar-refractivity contribution in [2.24, 2.45) is 17.8 Å². The molecule has 34 heavy (non-hydrogen) atoms. The number of amides is 2. The predicted molar refractivity (Wildman–Crippen MR) is 128 cm³/mol. The fourth-order valence-corrected chi connectivity index (χ4v) is 5.33. The van der Waals surface area contributed by atoms with Crippen LogP contribution in [0.15, 0.2) is 48.5 Å². The zero-order valence-corrected chi connectivity index (χ0v) is 19.7. The normalized spacial score (nSPS) is 19.7. The molecule has 4 rings (SSSR count). The number of fused-ring (bicyclic) bond motifs is 3. The highest BCUT2D eigenvalue weighted by Crippen LogP contribution is 2.44. The summed E-state index contributed by atoms with van der Waals surface area (Å²) in [5.74, 6) is -1.77. The van der Waals surface area contributed by atoms with E-state index in [1.54, 1.807) is 14.0 Å². The maximum Gasteiger partial charge on any atom is 0.407 e. The first-order valence-electron chi connectivity index (χ1n) is 11.9. The van der Waals surface area contributed by atoms with Crippen molar-refractivity contribution >= 4 is 18.0 Å². The molecule has 2 amide bonds.